The molecule has 0 saturated carbocycles. The third kappa shape index (κ3) is 3.00. The maximum absolute atomic E-state index is 11.9. The van der Waals surface area contributed by atoms with Crippen molar-refractivity contribution in [1.82, 2.24) is 10.3 Å². The molecule has 0 spiro atoms. The van der Waals surface area contributed by atoms with Crippen LogP contribution in [0.25, 0.3) is 0 Å². The fourth-order valence-electron chi connectivity index (χ4n) is 2.02. The number of anilines is 1. The minimum Gasteiger partial charge on any atom is -0.482 e. The van der Waals surface area contributed by atoms with Crippen LogP contribution in [0.4, 0.5) is 5.69 Å². The molecule has 2 N–H and O–H groups in total. The molecule has 3 rings (SSSR count). The summed E-state index contributed by atoms with van der Waals surface area (Å²) in [5.41, 5.74) is 2.11. The molecule has 0 radical (unpaired) electrons. The van der Waals surface area contributed by atoms with Gasteiger partial charge in [0.15, 0.2) is 6.61 Å². The Morgan fingerprint density at radius 2 is 2.10 bits per heavy atom. The van der Waals surface area contributed by atoms with Crippen molar-refractivity contribution >= 4 is 17.5 Å². The zero-order valence-electron chi connectivity index (χ0n) is 11.1. The average Bonchev–Trinajstić information content (AvgIpc) is 2.53. The Bertz CT molecular complexity index is 686. The van der Waals surface area contributed by atoms with Crippen LogP contribution in [0, 0.1) is 0 Å². The fraction of sp³-hybridized carbons (Fsp3) is 0.133. The lowest BCUT2D eigenvalue weighted by molar-refractivity contribution is -0.118. The number of pyridine rings is 1. The molecule has 0 unspecified atom stereocenters. The van der Waals surface area contributed by atoms with Gasteiger partial charge in [-0.2, -0.15) is 0 Å². The number of carbonyl (C=O) groups excluding carboxylic acids is 2. The van der Waals surface area contributed by atoms with E-state index >= 15 is 0 Å². The number of benzene rings is 1. The summed E-state index contributed by atoms with van der Waals surface area (Å²) in [6, 6.07) is 8.71. The normalized spacial score (nSPS) is 12.9. The van der Waals surface area contributed by atoms with Crippen molar-refractivity contribution in [3.05, 3.63) is 53.9 Å². The van der Waals surface area contributed by atoms with E-state index < -0.39 is 0 Å². The van der Waals surface area contributed by atoms with Gasteiger partial charge in [-0.15, -0.1) is 0 Å². The summed E-state index contributed by atoms with van der Waals surface area (Å²) in [6.07, 6.45) is 3.15. The molecular weight excluding hydrogens is 270 g/mol. The monoisotopic (exact) mass is 283 g/mol. The lowest BCUT2D eigenvalue weighted by Gasteiger charge is -2.18. The van der Waals surface area contributed by atoms with Crippen molar-refractivity contribution in [2.24, 2.45) is 0 Å². The van der Waals surface area contributed by atoms with E-state index in [4.69, 9.17) is 4.74 Å². The maximum atomic E-state index is 11.9. The third-order valence-corrected chi connectivity index (χ3v) is 3.07. The smallest absolute Gasteiger partial charge is 0.262 e. The summed E-state index contributed by atoms with van der Waals surface area (Å²) in [6.45, 7) is 0.394. The molecule has 2 aromatic rings. The van der Waals surface area contributed by atoms with E-state index in [9.17, 15) is 9.59 Å². The van der Waals surface area contributed by atoms with Crippen LogP contribution in [0.15, 0.2) is 42.7 Å². The number of rotatable bonds is 3. The quantitative estimate of drug-likeness (QED) is 0.891. The molecule has 6 nitrogen and oxygen atoms in total. The first-order valence-corrected chi connectivity index (χ1v) is 6.46. The van der Waals surface area contributed by atoms with Crippen LogP contribution in [0.3, 0.4) is 0 Å². The number of carbonyl (C=O) groups is 2. The molecule has 0 bridgehead atoms. The first-order chi connectivity index (χ1) is 10.2. The Kier molecular flexibility index (Phi) is 3.51. The van der Waals surface area contributed by atoms with Gasteiger partial charge in [0.25, 0.3) is 11.8 Å². The molecule has 6 heteroatoms. The number of fused-ring (bicyclic) bond motifs is 1. The van der Waals surface area contributed by atoms with E-state index in [2.05, 4.69) is 15.6 Å². The molecule has 1 aromatic heterocycles. The summed E-state index contributed by atoms with van der Waals surface area (Å²) in [7, 11) is 0. The van der Waals surface area contributed by atoms with Crippen LogP contribution < -0.4 is 15.4 Å². The Labute approximate surface area is 121 Å². The molecule has 0 fully saturated rings. The maximum Gasteiger partial charge on any atom is 0.262 e. The lowest BCUT2D eigenvalue weighted by atomic mass is 10.1. The van der Waals surface area contributed by atoms with Crippen LogP contribution in [-0.2, 0) is 11.3 Å². The summed E-state index contributed by atoms with van der Waals surface area (Å²) >= 11 is 0. The number of hydrogen-bond donors (Lipinski definition) is 2. The second kappa shape index (κ2) is 5.62. The van der Waals surface area contributed by atoms with Gasteiger partial charge in [0.05, 0.1) is 5.69 Å². The number of ether oxygens (including phenoxy) is 1. The summed E-state index contributed by atoms with van der Waals surface area (Å²) in [4.78, 5) is 27.0. The van der Waals surface area contributed by atoms with Crippen molar-refractivity contribution in [3.8, 4) is 5.75 Å². The van der Waals surface area contributed by atoms with Gasteiger partial charge < -0.3 is 15.4 Å². The van der Waals surface area contributed by atoms with Gasteiger partial charge in [-0.1, -0.05) is 6.07 Å². The predicted molar refractivity (Wildman–Crippen MR) is 76.0 cm³/mol. The van der Waals surface area contributed by atoms with Gasteiger partial charge in [-0.05, 0) is 29.8 Å². The van der Waals surface area contributed by atoms with Crippen molar-refractivity contribution in [2.45, 2.75) is 6.54 Å². The highest BCUT2D eigenvalue weighted by molar-refractivity contribution is 5.95. The highest BCUT2D eigenvalue weighted by Crippen LogP contribution is 2.28. The SMILES string of the molecule is O=C1COc2cc(CNC(=O)c3ccncc3)ccc2N1. The minimum absolute atomic E-state index is 0.0137. The van der Waals surface area contributed by atoms with Crippen molar-refractivity contribution in [1.29, 1.82) is 0 Å². The fourth-order valence-corrected chi connectivity index (χ4v) is 2.02. The van der Waals surface area contributed by atoms with E-state index in [-0.39, 0.29) is 18.4 Å². The Balaban J connectivity index is 1.66. The number of nitrogens with zero attached hydrogens (tertiary/aromatic N) is 1. The molecule has 21 heavy (non-hydrogen) atoms. The number of hydrogen-bond acceptors (Lipinski definition) is 4. The first-order valence-electron chi connectivity index (χ1n) is 6.46. The zero-order chi connectivity index (χ0) is 14.7. The molecule has 2 amide bonds. The van der Waals surface area contributed by atoms with Crippen LogP contribution in [0.5, 0.6) is 5.75 Å². The Morgan fingerprint density at radius 1 is 1.29 bits per heavy atom. The number of amides is 2. The molecule has 0 aliphatic carbocycles. The number of nitrogens with one attached hydrogen (secondary N) is 2. The van der Waals surface area contributed by atoms with Gasteiger partial charge in [0, 0.05) is 24.5 Å². The van der Waals surface area contributed by atoms with E-state index in [1.807, 2.05) is 12.1 Å². The average molecular weight is 283 g/mol. The summed E-state index contributed by atoms with van der Waals surface area (Å²) < 4.78 is 5.33. The summed E-state index contributed by atoms with van der Waals surface area (Å²) in [5.74, 6) is 0.288. The van der Waals surface area contributed by atoms with E-state index in [0.717, 1.165) is 5.56 Å². The Morgan fingerprint density at radius 3 is 2.90 bits per heavy atom. The largest absolute Gasteiger partial charge is 0.482 e. The van der Waals surface area contributed by atoms with Crippen molar-refractivity contribution in [2.75, 3.05) is 11.9 Å². The van der Waals surface area contributed by atoms with Gasteiger partial charge in [0.1, 0.15) is 5.75 Å². The second-order valence-electron chi connectivity index (χ2n) is 4.59. The van der Waals surface area contributed by atoms with Gasteiger partial charge >= 0.3 is 0 Å². The minimum atomic E-state index is -0.166. The van der Waals surface area contributed by atoms with Gasteiger partial charge in [-0.25, -0.2) is 0 Å². The van der Waals surface area contributed by atoms with E-state index in [1.165, 1.54) is 0 Å². The molecule has 2 heterocycles. The highest BCUT2D eigenvalue weighted by atomic mass is 16.5. The van der Waals surface area contributed by atoms with Crippen molar-refractivity contribution in [3.63, 3.8) is 0 Å². The molecule has 106 valence electrons. The Hall–Kier alpha value is -2.89. The highest BCUT2D eigenvalue weighted by Gasteiger charge is 2.16. The van der Waals surface area contributed by atoms with Crippen molar-refractivity contribution < 1.29 is 14.3 Å². The van der Waals surface area contributed by atoms with Gasteiger partial charge in [-0.3, -0.25) is 14.6 Å². The van der Waals surface area contributed by atoms with Gasteiger partial charge in [0.2, 0.25) is 0 Å². The number of aromatic nitrogens is 1. The van der Waals surface area contributed by atoms with Crippen LogP contribution >= 0.6 is 0 Å². The lowest BCUT2D eigenvalue weighted by Crippen LogP contribution is -2.26. The molecule has 1 aromatic carbocycles. The van der Waals surface area contributed by atoms with E-state index in [1.54, 1.807) is 30.6 Å². The van der Waals surface area contributed by atoms with Crippen LogP contribution in [-0.4, -0.2) is 23.4 Å². The van der Waals surface area contributed by atoms with E-state index in [0.29, 0.717) is 23.5 Å². The third-order valence-electron chi connectivity index (χ3n) is 3.07. The standard InChI is InChI=1S/C15H13N3O3/c19-14-9-21-13-7-10(1-2-12(13)18-14)8-17-15(20)11-3-5-16-6-4-11/h1-7H,8-9H2,(H,17,20)(H,18,19). The molecule has 1 aliphatic heterocycles. The van der Waals surface area contributed by atoms with Crippen LogP contribution in [0.2, 0.25) is 0 Å². The molecular formula is C15H13N3O3. The zero-order valence-corrected chi connectivity index (χ0v) is 11.1. The first kappa shape index (κ1) is 13.1. The molecule has 0 atom stereocenters. The summed E-state index contributed by atoms with van der Waals surface area (Å²) in [5, 5.41) is 5.54. The topological polar surface area (TPSA) is 80.3 Å². The molecule has 0 saturated heterocycles. The predicted octanol–water partition coefficient (Wildman–Crippen LogP) is 1.34. The van der Waals surface area contributed by atoms with Crippen LogP contribution in [0.1, 0.15) is 15.9 Å². The second-order valence-corrected chi connectivity index (χ2v) is 4.59. The molecule has 1 aliphatic rings.